The third-order valence-corrected chi connectivity index (χ3v) is 3.99. The molecule has 110 valence electrons. The van der Waals surface area contributed by atoms with Gasteiger partial charge in [0.25, 0.3) is 0 Å². The van der Waals surface area contributed by atoms with Gasteiger partial charge in [0.05, 0.1) is 6.61 Å². The lowest BCUT2D eigenvalue weighted by molar-refractivity contribution is -0.131. The van der Waals surface area contributed by atoms with E-state index in [9.17, 15) is 9.90 Å². The summed E-state index contributed by atoms with van der Waals surface area (Å²) in [5.41, 5.74) is 1.17. The molecule has 0 radical (unpaired) electrons. The first-order valence-corrected chi connectivity index (χ1v) is 7.22. The van der Waals surface area contributed by atoms with Gasteiger partial charge in [0.1, 0.15) is 5.75 Å². The third kappa shape index (κ3) is 3.81. The number of rotatable bonds is 4. The molecule has 0 aromatic heterocycles. The highest BCUT2D eigenvalue weighted by Crippen LogP contribution is 2.25. The smallest absolute Gasteiger partial charge is 0.308 e. The summed E-state index contributed by atoms with van der Waals surface area (Å²) >= 11 is 0. The minimum atomic E-state index is -0.303. The molecular formula is C16H23NO3. The molecule has 0 bridgehead atoms. The standard InChI is InChI=1S/C16H23NO3/c1-12-4-3-9-17(16(12)11-18)10-14-5-7-15(8-6-14)20-13(2)19/h5-8,12,16,18H,3-4,9-11H2,1-2H3. The molecule has 1 N–H and O–H groups in total. The molecule has 4 heteroatoms. The maximum Gasteiger partial charge on any atom is 0.308 e. The van der Waals surface area contributed by atoms with E-state index in [0.717, 1.165) is 13.1 Å². The van der Waals surface area contributed by atoms with Gasteiger partial charge in [-0.05, 0) is 43.0 Å². The van der Waals surface area contributed by atoms with E-state index in [2.05, 4.69) is 11.8 Å². The maximum atomic E-state index is 10.9. The number of piperidine rings is 1. The Morgan fingerprint density at radius 3 is 2.70 bits per heavy atom. The molecule has 1 saturated heterocycles. The van der Waals surface area contributed by atoms with Crippen LogP contribution in [0.2, 0.25) is 0 Å². The highest BCUT2D eigenvalue weighted by molar-refractivity contribution is 5.69. The fourth-order valence-corrected chi connectivity index (χ4v) is 2.89. The van der Waals surface area contributed by atoms with Crippen molar-refractivity contribution in [2.45, 2.75) is 39.3 Å². The van der Waals surface area contributed by atoms with Crippen molar-refractivity contribution in [3.8, 4) is 5.75 Å². The Labute approximate surface area is 120 Å². The number of aliphatic hydroxyl groups is 1. The van der Waals surface area contributed by atoms with Crippen molar-refractivity contribution in [1.82, 2.24) is 4.90 Å². The number of hydrogen-bond acceptors (Lipinski definition) is 4. The van der Waals surface area contributed by atoms with E-state index in [1.54, 1.807) is 0 Å². The SMILES string of the molecule is CC(=O)Oc1ccc(CN2CCCC(C)C2CO)cc1. The van der Waals surface area contributed by atoms with Gasteiger partial charge in [-0.2, -0.15) is 0 Å². The van der Waals surface area contributed by atoms with Gasteiger partial charge in [-0.25, -0.2) is 0 Å². The first-order chi connectivity index (χ1) is 9.60. The number of esters is 1. The summed E-state index contributed by atoms with van der Waals surface area (Å²) in [6.07, 6.45) is 2.37. The van der Waals surface area contributed by atoms with Crippen LogP contribution >= 0.6 is 0 Å². The Balaban J connectivity index is 1.99. The zero-order valence-corrected chi connectivity index (χ0v) is 12.2. The highest BCUT2D eigenvalue weighted by Gasteiger charge is 2.27. The number of nitrogens with zero attached hydrogens (tertiary/aromatic N) is 1. The summed E-state index contributed by atoms with van der Waals surface area (Å²) in [5.74, 6) is 0.809. The molecule has 1 aliphatic rings. The number of hydrogen-bond donors (Lipinski definition) is 1. The second-order valence-electron chi connectivity index (χ2n) is 5.58. The normalized spacial score (nSPS) is 23.6. The van der Waals surface area contributed by atoms with Crippen LogP contribution in [0.4, 0.5) is 0 Å². The van der Waals surface area contributed by atoms with Gasteiger partial charge in [-0.3, -0.25) is 9.69 Å². The van der Waals surface area contributed by atoms with Gasteiger partial charge in [0.2, 0.25) is 0 Å². The van der Waals surface area contributed by atoms with Gasteiger partial charge in [0, 0.05) is 19.5 Å². The van der Waals surface area contributed by atoms with Crippen molar-refractivity contribution in [2.75, 3.05) is 13.2 Å². The Bertz CT molecular complexity index is 444. The fraction of sp³-hybridized carbons (Fsp3) is 0.562. The number of ether oxygens (including phenoxy) is 1. The molecule has 1 fully saturated rings. The van der Waals surface area contributed by atoms with Crippen molar-refractivity contribution in [2.24, 2.45) is 5.92 Å². The molecule has 4 nitrogen and oxygen atoms in total. The van der Waals surface area contributed by atoms with Crippen molar-refractivity contribution in [1.29, 1.82) is 0 Å². The molecule has 2 atom stereocenters. The van der Waals surface area contributed by atoms with Crippen molar-refractivity contribution in [3.63, 3.8) is 0 Å². The predicted molar refractivity (Wildman–Crippen MR) is 77.4 cm³/mol. The van der Waals surface area contributed by atoms with Gasteiger partial charge >= 0.3 is 5.97 Å². The second-order valence-corrected chi connectivity index (χ2v) is 5.58. The van der Waals surface area contributed by atoms with Crippen LogP contribution in [0, 0.1) is 5.92 Å². The molecule has 1 heterocycles. The summed E-state index contributed by atoms with van der Waals surface area (Å²) in [5, 5.41) is 9.55. The summed E-state index contributed by atoms with van der Waals surface area (Å²) in [6, 6.07) is 7.84. The monoisotopic (exact) mass is 277 g/mol. The Hall–Kier alpha value is -1.39. The molecule has 20 heavy (non-hydrogen) atoms. The summed E-state index contributed by atoms with van der Waals surface area (Å²) < 4.78 is 5.03. The predicted octanol–water partition coefficient (Wildman–Crippen LogP) is 2.20. The number of carbonyl (C=O) groups is 1. The molecule has 2 unspecified atom stereocenters. The average molecular weight is 277 g/mol. The highest BCUT2D eigenvalue weighted by atomic mass is 16.5. The van der Waals surface area contributed by atoms with Crippen LogP contribution in [-0.2, 0) is 11.3 Å². The maximum absolute atomic E-state index is 10.9. The topological polar surface area (TPSA) is 49.8 Å². The number of carbonyl (C=O) groups excluding carboxylic acids is 1. The number of likely N-dealkylation sites (tertiary alicyclic amines) is 1. The molecule has 1 aromatic carbocycles. The van der Waals surface area contributed by atoms with Gasteiger partial charge in [-0.15, -0.1) is 0 Å². The van der Waals surface area contributed by atoms with E-state index in [1.165, 1.54) is 25.3 Å². The van der Waals surface area contributed by atoms with E-state index >= 15 is 0 Å². The Kier molecular flexibility index (Phi) is 5.15. The molecule has 0 aliphatic carbocycles. The van der Waals surface area contributed by atoms with Gasteiger partial charge in [-0.1, -0.05) is 19.1 Å². The second kappa shape index (κ2) is 6.86. The zero-order chi connectivity index (χ0) is 14.5. The van der Waals surface area contributed by atoms with Gasteiger partial charge < -0.3 is 9.84 Å². The lowest BCUT2D eigenvalue weighted by Gasteiger charge is -2.39. The van der Waals surface area contributed by atoms with Crippen LogP contribution in [0.3, 0.4) is 0 Å². The summed E-state index contributed by atoms with van der Waals surface area (Å²) in [6.45, 7) is 5.68. The van der Waals surface area contributed by atoms with Crippen molar-refractivity contribution < 1.29 is 14.6 Å². The van der Waals surface area contributed by atoms with Crippen LogP contribution in [0.15, 0.2) is 24.3 Å². The van der Waals surface area contributed by atoms with Crippen LogP contribution in [0.25, 0.3) is 0 Å². The quantitative estimate of drug-likeness (QED) is 0.677. The number of benzene rings is 1. The first kappa shape index (κ1) is 15.0. The third-order valence-electron chi connectivity index (χ3n) is 3.99. The molecule has 2 rings (SSSR count). The van der Waals surface area contributed by atoms with E-state index < -0.39 is 0 Å². The molecule has 0 saturated carbocycles. The largest absolute Gasteiger partial charge is 0.427 e. The first-order valence-electron chi connectivity index (χ1n) is 7.22. The minimum Gasteiger partial charge on any atom is -0.427 e. The van der Waals surface area contributed by atoms with Crippen LogP contribution in [0.1, 0.15) is 32.3 Å². The minimum absolute atomic E-state index is 0.215. The molecule has 0 amide bonds. The number of aliphatic hydroxyl groups excluding tert-OH is 1. The summed E-state index contributed by atoms with van der Waals surface area (Å²) in [4.78, 5) is 13.2. The van der Waals surface area contributed by atoms with Crippen molar-refractivity contribution >= 4 is 5.97 Å². The van der Waals surface area contributed by atoms with Crippen molar-refractivity contribution in [3.05, 3.63) is 29.8 Å². The Morgan fingerprint density at radius 1 is 1.40 bits per heavy atom. The van der Waals surface area contributed by atoms with Gasteiger partial charge in [0.15, 0.2) is 0 Å². The van der Waals surface area contributed by atoms with Crippen LogP contribution < -0.4 is 4.74 Å². The molecule has 1 aromatic rings. The van der Waals surface area contributed by atoms with Crippen LogP contribution in [0.5, 0.6) is 5.75 Å². The molecule has 1 aliphatic heterocycles. The Morgan fingerprint density at radius 2 is 2.10 bits per heavy atom. The van der Waals surface area contributed by atoms with E-state index in [0.29, 0.717) is 11.7 Å². The lowest BCUT2D eigenvalue weighted by atomic mass is 9.91. The molecular weight excluding hydrogens is 254 g/mol. The zero-order valence-electron chi connectivity index (χ0n) is 12.2. The fourth-order valence-electron chi connectivity index (χ4n) is 2.89. The van der Waals surface area contributed by atoms with E-state index in [1.807, 2.05) is 24.3 Å². The molecule has 0 spiro atoms. The van der Waals surface area contributed by atoms with Crippen LogP contribution in [-0.4, -0.2) is 35.2 Å². The summed E-state index contributed by atoms with van der Waals surface area (Å²) in [7, 11) is 0. The average Bonchev–Trinajstić information content (AvgIpc) is 2.41. The van der Waals surface area contributed by atoms with E-state index in [4.69, 9.17) is 4.74 Å². The lowest BCUT2D eigenvalue weighted by Crippen LogP contribution is -2.45. The van der Waals surface area contributed by atoms with E-state index in [-0.39, 0.29) is 18.6 Å².